The van der Waals surface area contributed by atoms with Crippen molar-refractivity contribution in [3.63, 3.8) is 0 Å². The maximum absolute atomic E-state index is 13.3. The number of rotatable bonds is 3. The molecule has 5 rings (SSSR count). The first-order valence-electron chi connectivity index (χ1n) is 9.86. The van der Waals surface area contributed by atoms with E-state index in [1.165, 1.54) is 4.90 Å². The summed E-state index contributed by atoms with van der Waals surface area (Å²) in [6.07, 6.45) is 2.06. The molecule has 1 amide bonds. The van der Waals surface area contributed by atoms with E-state index in [9.17, 15) is 4.79 Å². The van der Waals surface area contributed by atoms with Gasteiger partial charge in [0.25, 0.3) is 5.91 Å². The first-order valence-corrected chi connectivity index (χ1v) is 11.5. The lowest BCUT2D eigenvalue weighted by Crippen LogP contribution is -2.52. The number of thiocarbonyl (C=S) groups is 1. The smallest absolute Gasteiger partial charge is 0.256 e. The summed E-state index contributed by atoms with van der Waals surface area (Å²) in [5.74, 6) is 0.0594. The molecular weight excluding hydrogens is 410 g/mol. The molecule has 150 valence electrons. The lowest BCUT2D eigenvalue weighted by atomic mass is 9.90. The molecule has 0 aromatic heterocycles. The molecule has 3 aromatic rings. The van der Waals surface area contributed by atoms with Crippen molar-refractivity contribution in [1.82, 2.24) is 9.80 Å². The predicted octanol–water partition coefficient (Wildman–Crippen LogP) is 4.78. The number of carbonyl (C=O) groups excluding carboxylic acids is 1. The number of hydrogen-bond donors (Lipinski definition) is 1. The highest BCUT2D eigenvalue weighted by Gasteiger charge is 2.58. The second-order valence-electron chi connectivity index (χ2n) is 7.35. The first kappa shape index (κ1) is 19.2. The van der Waals surface area contributed by atoms with Crippen LogP contribution in [-0.2, 0) is 5.66 Å². The van der Waals surface area contributed by atoms with Crippen molar-refractivity contribution < 1.29 is 4.79 Å². The summed E-state index contributed by atoms with van der Waals surface area (Å²) >= 11 is 7.60. The Kier molecular flexibility index (Phi) is 4.76. The van der Waals surface area contributed by atoms with Crippen LogP contribution in [0.15, 0.2) is 83.8 Å². The van der Waals surface area contributed by atoms with E-state index in [0.29, 0.717) is 18.2 Å². The number of carbonyl (C=O) groups is 1. The van der Waals surface area contributed by atoms with E-state index in [1.807, 2.05) is 53.4 Å². The zero-order chi connectivity index (χ0) is 20.7. The third-order valence-electron chi connectivity index (χ3n) is 5.85. The molecule has 1 atom stereocenters. The molecule has 2 heterocycles. The van der Waals surface area contributed by atoms with Crippen molar-refractivity contribution >= 4 is 40.7 Å². The lowest BCUT2D eigenvalue weighted by molar-refractivity contribution is 0.0604. The third-order valence-corrected chi connectivity index (χ3v) is 6.90. The Hall–Kier alpha value is -2.83. The number of hydrogen-bond acceptors (Lipinski definition) is 3. The minimum Gasteiger partial charge on any atom is -0.332 e. The van der Waals surface area contributed by atoms with Gasteiger partial charge in [-0.3, -0.25) is 4.79 Å². The second-order valence-corrected chi connectivity index (χ2v) is 8.62. The van der Waals surface area contributed by atoms with Crippen LogP contribution in [0, 0.1) is 0 Å². The Morgan fingerprint density at radius 2 is 1.77 bits per heavy atom. The maximum atomic E-state index is 13.3. The standard InChI is InChI=1S/C24H21N3OS2/c1-30-19-11-7-10-18(16-19)25-23(29)27-15-14-26-22(28)20-12-5-6-13-21(20)24(26,27)17-8-3-2-4-9-17/h2-13,16H,14-15H2,1H3,(H,25,29)/t24-/m1/s1. The first-order chi connectivity index (χ1) is 14.7. The Labute approximate surface area is 185 Å². The van der Waals surface area contributed by atoms with Gasteiger partial charge in [-0.15, -0.1) is 11.8 Å². The quantitative estimate of drug-likeness (QED) is 0.477. The van der Waals surface area contributed by atoms with Gasteiger partial charge in [0.05, 0.1) is 0 Å². The number of amides is 1. The van der Waals surface area contributed by atoms with Gasteiger partial charge < -0.3 is 15.1 Å². The summed E-state index contributed by atoms with van der Waals surface area (Å²) in [5.41, 5.74) is 3.00. The molecule has 30 heavy (non-hydrogen) atoms. The summed E-state index contributed by atoms with van der Waals surface area (Å²) in [7, 11) is 0. The summed E-state index contributed by atoms with van der Waals surface area (Å²) in [6, 6.07) is 26.3. The van der Waals surface area contributed by atoms with Crippen molar-refractivity contribution in [1.29, 1.82) is 0 Å². The van der Waals surface area contributed by atoms with Crippen LogP contribution in [0.3, 0.4) is 0 Å². The average Bonchev–Trinajstić information content (AvgIpc) is 3.30. The van der Waals surface area contributed by atoms with Gasteiger partial charge in [0.1, 0.15) is 0 Å². The number of fused-ring (bicyclic) bond motifs is 3. The number of thioether (sulfide) groups is 1. The van der Waals surface area contributed by atoms with Gasteiger partial charge in [0.15, 0.2) is 10.8 Å². The van der Waals surface area contributed by atoms with E-state index in [1.54, 1.807) is 11.8 Å². The highest BCUT2D eigenvalue weighted by Crippen LogP contribution is 2.49. The summed E-state index contributed by atoms with van der Waals surface area (Å²) in [4.78, 5) is 18.6. The van der Waals surface area contributed by atoms with Gasteiger partial charge in [-0.05, 0) is 42.7 Å². The zero-order valence-electron chi connectivity index (χ0n) is 16.5. The molecule has 0 saturated carbocycles. The van der Waals surface area contributed by atoms with Crippen molar-refractivity contribution in [3.8, 4) is 0 Å². The Bertz CT molecular complexity index is 1130. The molecule has 0 spiro atoms. The molecule has 2 aliphatic rings. The van der Waals surface area contributed by atoms with Crippen LogP contribution >= 0.6 is 24.0 Å². The average molecular weight is 432 g/mol. The van der Waals surface area contributed by atoms with Crippen LogP contribution in [0.25, 0.3) is 0 Å². The molecular formula is C24H21N3OS2. The van der Waals surface area contributed by atoms with E-state index in [4.69, 9.17) is 12.2 Å². The number of nitrogens with zero attached hydrogens (tertiary/aromatic N) is 2. The summed E-state index contributed by atoms with van der Waals surface area (Å²) in [5, 5.41) is 4.03. The van der Waals surface area contributed by atoms with Crippen LogP contribution in [0.5, 0.6) is 0 Å². The van der Waals surface area contributed by atoms with E-state index < -0.39 is 5.66 Å². The van der Waals surface area contributed by atoms with E-state index in [2.05, 4.69) is 46.8 Å². The monoisotopic (exact) mass is 431 g/mol. The normalized spacial score (nSPS) is 19.6. The minimum absolute atomic E-state index is 0.0594. The summed E-state index contributed by atoms with van der Waals surface area (Å²) in [6.45, 7) is 1.29. The molecule has 0 unspecified atom stereocenters. The molecule has 0 bridgehead atoms. The number of nitrogens with one attached hydrogen (secondary N) is 1. The molecule has 1 saturated heterocycles. The van der Waals surface area contributed by atoms with Crippen LogP contribution in [-0.4, -0.2) is 40.2 Å². The molecule has 2 aliphatic heterocycles. The van der Waals surface area contributed by atoms with Crippen molar-refractivity contribution in [2.45, 2.75) is 10.6 Å². The van der Waals surface area contributed by atoms with Gasteiger partial charge in [0, 0.05) is 40.4 Å². The maximum Gasteiger partial charge on any atom is 0.256 e. The number of benzene rings is 3. The number of anilines is 1. The Morgan fingerprint density at radius 3 is 2.57 bits per heavy atom. The van der Waals surface area contributed by atoms with E-state index in [0.717, 1.165) is 22.4 Å². The molecule has 0 aliphatic carbocycles. The van der Waals surface area contributed by atoms with Gasteiger partial charge in [-0.25, -0.2) is 0 Å². The summed E-state index contributed by atoms with van der Waals surface area (Å²) < 4.78 is 0. The van der Waals surface area contributed by atoms with Gasteiger partial charge in [-0.1, -0.05) is 54.6 Å². The van der Waals surface area contributed by atoms with Crippen LogP contribution in [0.2, 0.25) is 0 Å². The Morgan fingerprint density at radius 1 is 1.00 bits per heavy atom. The van der Waals surface area contributed by atoms with Gasteiger partial charge in [-0.2, -0.15) is 0 Å². The van der Waals surface area contributed by atoms with E-state index >= 15 is 0 Å². The predicted molar refractivity (Wildman–Crippen MR) is 126 cm³/mol. The van der Waals surface area contributed by atoms with Crippen LogP contribution in [0.1, 0.15) is 21.5 Å². The molecule has 3 aromatic carbocycles. The molecule has 1 N–H and O–H groups in total. The fourth-order valence-electron chi connectivity index (χ4n) is 4.61. The molecule has 0 radical (unpaired) electrons. The molecule has 4 nitrogen and oxygen atoms in total. The fraction of sp³-hybridized carbons (Fsp3) is 0.167. The van der Waals surface area contributed by atoms with Crippen molar-refractivity contribution in [2.24, 2.45) is 0 Å². The third kappa shape index (κ3) is 2.75. The Balaban J connectivity index is 1.62. The van der Waals surface area contributed by atoms with Crippen LogP contribution in [0.4, 0.5) is 5.69 Å². The lowest BCUT2D eigenvalue weighted by Gasteiger charge is -2.41. The second kappa shape index (κ2) is 7.45. The largest absolute Gasteiger partial charge is 0.332 e. The molecule has 1 fully saturated rings. The van der Waals surface area contributed by atoms with E-state index in [-0.39, 0.29) is 5.91 Å². The van der Waals surface area contributed by atoms with Crippen LogP contribution < -0.4 is 5.32 Å². The topological polar surface area (TPSA) is 35.6 Å². The van der Waals surface area contributed by atoms with Crippen molar-refractivity contribution in [2.75, 3.05) is 24.7 Å². The van der Waals surface area contributed by atoms with Gasteiger partial charge >= 0.3 is 0 Å². The minimum atomic E-state index is -0.726. The highest BCUT2D eigenvalue weighted by molar-refractivity contribution is 7.98. The zero-order valence-corrected chi connectivity index (χ0v) is 18.2. The fourth-order valence-corrected chi connectivity index (χ4v) is 5.41. The highest BCUT2D eigenvalue weighted by atomic mass is 32.2. The molecule has 6 heteroatoms. The van der Waals surface area contributed by atoms with Gasteiger partial charge in [0.2, 0.25) is 0 Å². The van der Waals surface area contributed by atoms with Crippen molar-refractivity contribution in [3.05, 3.63) is 95.6 Å². The SMILES string of the molecule is CSc1cccc(NC(=S)N2CCN3C(=O)c4ccccc4[C@]32c2ccccc2)c1.